The van der Waals surface area contributed by atoms with E-state index in [1.807, 2.05) is 36.1 Å². The van der Waals surface area contributed by atoms with Gasteiger partial charge in [-0.3, -0.25) is 4.79 Å². The molecular formula is C19H24ClN3O3. The van der Waals surface area contributed by atoms with Crippen LogP contribution in [0.2, 0.25) is 0 Å². The number of carbonyl (C=O) groups is 1. The number of methoxy groups -OCH3 is 1. The molecule has 1 saturated heterocycles. The molecule has 7 heteroatoms. The molecule has 0 spiro atoms. The van der Waals surface area contributed by atoms with Gasteiger partial charge in [0.05, 0.1) is 6.61 Å². The monoisotopic (exact) mass is 377 g/mol. The van der Waals surface area contributed by atoms with Crippen molar-refractivity contribution in [1.82, 2.24) is 9.88 Å². The third kappa shape index (κ3) is 4.72. The standard InChI is InChI=1S/C19H23N3O3.ClH/c1-13-6-14(9-20)7-18(21-13)25-17-5-3-4-16(8-17)19(23)22-10-15(11-22)12-24-2;/h3-8,15H,9-12,20H2,1-2H3;1H. The molecule has 2 N–H and O–H groups in total. The number of aryl methyl sites for hydroxylation is 1. The van der Waals surface area contributed by atoms with Gasteiger partial charge in [-0.1, -0.05) is 6.07 Å². The van der Waals surface area contributed by atoms with Crippen molar-refractivity contribution in [2.75, 3.05) is 26.8 Å². The van der Waals surface area contributed by atoms with Crippen molar-refractivity contribution in [3.8, 4) is 11.6 Å². The Morgan fingerprint density at radius 2 is 2.08 bits per heavy atom. The quantitative estimate of drug-likeness (QED) is 0.837. The summed E-state index contributed by atoms with van der Waals surface area (Å²) < 4.78 is 10.9. The van der Waals surface area contributed by atoms with Crippen molar-refractivity contribution in [3.63, 3.8) is 0 Å². The molecule has 0 saturated carbocycles. The largest absolute Gasteiger partial charge is 0.439 e. The zero-order chi connectivity index (χ0) is 17.8. The first-order valence-electron chi connectivity index (χ1n) is 8.33. The van der Waals surface area contributed by atoms with Crippen LogP contribution in [-0.4, -0.2) is 42.6 Å². The average Bonchev–Trinajstić information content (AvgIpc) is 2.57. The SMILES string of the molecule is COCC1CN(C(=O)c2cccc(Oc3cc(CN)cc(C)n3)c2)C1.Cl. The van der Waals surface area contributed by atoms with E-state index < -0.39 is 0 Å². The van der Waals surface area contributed by atoms with E-state index in [0.29, 0.717) is 36.3 Å². The fourth-order valence-electron chi connectivity index (χ4n) is 2.95. The van der Waals surface area contributed by atoms with Crippen LogP contribution in [0, 0.1) is 12.8 Å². The highest BCUT2D eigenvalue weighted by atomic mass is 35.5. The van der Waals surface area contributed by atoms with Gasteiger partial charge in [0.2, 0.25) is 5.88 Å². The van der Waals surface area contributed by atoms with E-state index in [-0.39, 0.29) is 18.3 Å². The lowest BCUT2D eigenvalue weighted by atomic mass is 10.00. The van der Waals surface area contributed by atoms with Crippen LogP contribution in [0.4, 0.5) is 0 Å². The number of ether oxygens (including phenoxy) is 2. The first kappa shape index (κ1) is 20.2. The molecule has 2 aromatic rings. The molecule has 0 unspecified atom stereocenters. The molecule has 2 heterocycles. The van der Waals surface area contributed by atoms with Crippen LogP contribution in [0.3, 0.4) is 0 Å². The number of carbonyl (C=O) groups excluding carboxylic acids is 1. The van der Waals surface area contributed by atoms with E-state index in [2.05, 4.69) is 4.98 Å². The molecule has 0 aliphatic carbocycles. The number of nitrogens with zero attached hydrogens (tertiary/aromatic N) is 2. The molecule has 1 aliphatic rings. The fraction of sp³-hybridized carbons (Fsp3) is 0.368. The summed E-state index contributed by atoms with van der Waals surface area (Å²) in [5, 5.41) is 0. The summed E-state index contributed by atoms with van der Waals surface area (Å²) in [5.74, 6) is 1.51. The zero-order valence-corrected chi connectivity index (χ0v) is 15.8. The van der Waals surface area contributed by atoms with Crippen LogP contribution in [-0.2, 0) is 11.3 Å². The molecule has 1 amide bonds. The summed E-state index contributed by atoms with van der Waals surface area (Å²) in [6.07, 6.45) is 0. The van der Waals surface area contributed by atoms with Crippen LogP contribution < -0.4 is 10.5 Å². The maximum absolute atomic E-state index is 12.5. The van der Waals surface area contributed by atoms with Gasteiger partial charge in [-0.05, 0) is 36.8 Å². The molecule has 26 heavy (non-hydrogen) atoms. The van der Waals surface area contributed by atoms with Gasteiger partial charge in [-0.25, -0.2) is 4.98 Å². The zero-order valence-electron chi connectivity index (χ0n) is 15.0. The smallest absolute Gasteiger partial charge is 0.254 e. The third-order valence-corrected chi connectivity index (χ3v) is 4.18. The molecule has 0 radical (unpaired) electrons. The predicted molar refractivity (Wildman–Crippen MR) is 102 cm³/mol. The summed E-state index contributed by atoms with van der Waals surface area (Å²) in [6.45, 7) is 4.48. The average molecular weight is 378 g/mol. The van der Waals surface area contributed by atoms with E-state index in [9.17, 15) is 4.79 Å². The Hall–Kier alpha value is -2.15. The lowest BCUT2D eigenvalue weighted by molar-refractivity contribution is 0.0270. The Bertz CT molecular complexity index is 763. The molecule has 0 atom stereocenters. The lowest BCUT2D eigenvalue weighted by Gasteiger charge is -2.38. The van der Waals surface area contributed by atoms with Crippen molar-refractivity contribution < 1.29 is 14.3 Å². The topological polar surface area (TPSA) is 77.7 Å². The number of nitrogens with two attached hydrogens (primary N) is 1. The summed E-state index contributed by atoms with van der Waals surface area (Å²) in [6, 6.07) is 10.9. The van der Waals surface area contributed by atoms with Crippen molar-refractivity contribution in [3.05, 3.63) is 53.2 Å². The minimum atomic E-state index is 0. The Morgan fingerprint density at radius 3 is 2.77 bits per heavy atom. The van der Waals surface area contributed by atoms with Gasteiger partial charge in [0.15, 0.2) is 0 Å². The van der Waals surface area contributed by atoms with Crippen LogP contribution in [0.15, 0.2) is 36.4 Å². The number of amides is 1. The minimum Gasteiger partial charge on any atom is -0.439 e. The first-order chi connectivity index (χ1) is 12.1. The lowest BCUT2D eigenvalue weighted by Crippen LogP contribution is -2.51. The molecule has 3 rings (SSSR count). The number of benzene rings is 1. The molecule has 140 valence electrons. The van der Waals surface area contributed by atoms with Gasteiger partial charge in [-0.15, -0.1) is 12.4 Å². The van der Waals surface area contributed by atoms with E-state index in [1.165, 1.54) is 0 Å². The highest BCUT2D eigenvalue weighted by Gasteiger charge is 2.31. The van der Waals surface area contributed by atoms with Crippen molar-refractivity contribution in [2.24, 2.45) is 11.7 Å². The van der Waals surface area contributed by atoms with E-state index >= 15 is 0 Å². The maximum Gasteiger partial charge on any atom is 0.254 e. The normalized spacial score (nSPS) is 13.7. The van der Waals surface area contributed by atoms with Crippen LogP contribution in [0.1, 0.15) is 21.6 Å². The molecule has 1 aromatic heterocycles. The number of likely N-dealkylation sites (tertiary alicyclic amines) is 1. The molecule has 6 nitrogen and oxygen atoms in total. The number of aromatic nitrogens is 1. The first-order valence-corrected chi connectivity index (χ1v) is 8.33. The number of halogens is 1. The Balaban J connectivity index is 0.00000243. The van der Waals surface area contributed by atoms with Gasteiger partial charge < -0.3 is 20.1 Å². The summed E-state index contributed by atoms with van der Waals surface area (Å²) >= 11 is 0. The van der Waals surface area contributed by atoms with E-state index in [4.69, 9.17) is 15.2 Å². The van der Waals surface area contributed by atoms with Crippen molar-refractivity contribution in [2.45, 2.75) is 13.5 Å². The fourth-order valence-corrected chi connectivity index (χ4v) is 2.95. The Kier molecular flexibility index (Phi) is 6.97. The third-order valence-electron chi connectivity index (χ3n) is 4.18. The number of hydrogen-bond donors (Lipinski definition) is 1. The Labute approximate surface area is 159 Å². The molecule has 1 aliphatic heterocycles. The Morgan fingerprint density at radius 1 is 1.31 bits per heavy atom. The molecule has 0 bridgehead atoms. The van der Waals surface area contributed by atoms with Gasteiger partial charge in [0.25, 0.3) is 5.91 Å². The number of hydrogen-bond acceptors (Lipinski definition) is 5. The number of rotatable bonds is 6. The summed E-state index contributed by atoms with van der Waals surface area (Å²) in [4.78, 5) is 18.7. The second-order valence-corrected chi connectivity index (χ2v) is 6.32. The van der Waals surface area contributed by atoms with Gasteiger partial charge >= 0.3 is 0 Å². The maximum atomic E-state index is 12.5. The van der Waals surface area contributed by atoms with Gasteiger partial charge in [-0.2, -0.15) is 0 Å². The minimum absolute atomic E-state index is 0. The molecule has 1 fully saturated rings. The highest BCUT2D eigenvalue weighted by molar-refractivity contribution is 5.95. The van der Waals surface area contributed by atoms with Crippen LogP contribution in [0.5, 0.6) is 11.6 Å². The van der Waals surface area contributed by atoms with Crippen molar-refractivity contribution >= 4 is 18.3 Å². The van der Waals surface area contributed by atoms with Gasteiger partial charge in [0.1, 0.15) is 5.75 Å². The van der Waals surface area contributed by atoms with Gasteiger partial charge in [0, 0.05) is 50.0 Å². The predicted octanol–water partition coefficient (Wildman–Crippen LogP) is 2.78. The van der Waals surface area contributed by atoms with Crippen molar-refractivity contribution in [1.29, 1.82) is 0 Å². The van der Waals surface area contributed by atoms with Crippen LogP contribution >= 0.6 is 12.4 Å². The highest BCUT2D eigenvalue weighted by Crippen LogP contribution is 2.24. The number of pyridine rings is 1. The molecule has 1 aromatic carbocycles. The van der Waals surface area contributed by atoms with Crippen LogP contribution in [0.25, 0.3) is 0 Å². The van der Waals surface area contributed by atoms with E-state index in [1.54, 1.807) is 19.2 Å². The molecular weight excluding hydrogens is 354 g/mol. The second-order valence-electron chi connectivity index (χ2n) is 6.32. The summed E-state index contributed by atoms with van der Waals surface area (Å²) in [5.41, 5.74) is 8.10. The second kappa shape index (κ2) is 8.98. The summed E-state index contributed by atoms with van der Waals surface area (Å²) in [7, 11) is 1.68. The van der Waals surface area contributed by atoms with E-state index in [0.717, 1.165) is 24.3 Å².